The SMILES string of the molecule is Cc1cccc(Cc2cccc(OS(=O)(=O)CCCC(F)(F)F)c2)c1C. The van der Waals surface area contributed by atoms with Crippen molar-refractivity contribution in [2.24, 2.45) is 0 Å². The Bertz CT molecular complexity index is 859. The summed E-state index contributed by atoms with van der Waals surface area (Å²) in [5.41, 5.74) is 4.32. The molecule has 142 valence electrons. The van der Waals surface area contributed by atoms with E-state index in [9.17, 15) is 21.6 Å². The quantitative estimate of drug-likeness (QED) is 0.633. The highest BCUT2D eigenvalue weighted by atomic mass is 32.2. The van der Waals surface area contributed by atoms with Gasteiger partial charge in [-0.3, -0.25) is 0 Å². The van der Waals surface area contributed by atoms with Crippen molar-refractivity contribution in [1.82, 2.24) is 0 Å². The zero-order valence-corrected chi connectivity index (χ0v) is 15.5. The van der Waals surface area contributed by atoms with Crippen molar-refractivity contribution in [3.05, 3.63) is 64.7 Å². The number of rotatable bonds is 7. The van der Waals surface area contributed by atoms with E-state index in [1.165, 1.54) is 17.2 Å². The Morgan fingerprint density at radius 2 is 1.73 bits per heavy atom. The fourth-order valence-corrected chi connectivity index (χ4v) is 3.55. The highest BCUT2D eigenvalue weighted by Crippen LogP contribution is 2.23. The lowest BCUT2D eigenvalue weighted by Crippen LogP contribution is -2.16. The lowest BCUT2D eigenvalue weighted by Gasteiger charge is -2.11. The summed E-state index contributed by atoms with van der Waals surface area (Å²) >= 11 is 0. The van der Waals surface area contributed by atoms with E-state index in [4.69, 9.17) is 4.18 Å². The van der Waals surface area contributed by atoms with Gasteiger partial charge in [0.2, 0.25) is 0 Å². The van der Waals surface area contributed by atoms with Crippen LogP contribution in [0.15, 0.2) is 42.5 Å². The molecule has 0 aliphatic heterocycles. The van der Waals surface area contributed by atoms with Gasteiger partial charge in [0.15, 0.2) is 0 Å². The van der Waals surface area contributed by atoms with Crippen LogP contribution in [0.25, 0.3) is 0 Å². The molecule has 0 spiro atoms. The molecule has 26 heavy (non-hydrogen) atoms. The summed E-state index contributed by atoms with van der Waals surface area (Å²) in [6.45, 7) is 4.04. The van der Waals surface area contributed by atoms with E-state index >= 15 is 0 Å². The van der Waals surface area contributed by atoms with E-state index in [1.807, 2.05) is 38.1 Å². The zero-order chi connectivity index (χ0) is 19.4. The number of halogens is 3. The maximum absolute atomic E-state index is 12.1. The van der Waals surface area contributed by atoms with Gasteiger partial charge in [-0.25, -0.2) is 0 Å². The van der Waals surface area contributed by atoms with E-state index in [-0.39, 0.29) is 5.75 Å². The van der Waals surface area contributed by atoms with Gasteiger partial charge in [-0.1, -0.05) is 30.3 Å². The summed E-state index contributed by atoms with van der Waals surface area (Å²) in [5, 5.41) is 0. The molecule has 0 saturated carbocycles. The minimum Gasteiger partial charge on any atom is -0.382 e. The highest BCUT2D eigenvalue weighted by Gasteiger charge is 2.27. The first kappa shape index (κ1) is 20.3. The van der Waals surface area contributed by atoms with Crippen LogP contribution >= 0.6 is 0 Å². The summed E-state index contributed by atoms with van der Waals surface area (Å²) in [7, 11) is -4.06. The molecule has 3 nitrogen and oxygen atoms in total. The number of alkyl halides is 3. The summed E-state index contributed by atoms with van der Waals surface area (Å²) in [6.07, 6.45) is -5.43. The summed E-state index contributed by atoms with van der Waals surface area (Å²) in [5.74, 6) is -0.562. The van der Waals surface area contributed by atoms with Crippen molar-refractivity contribution in [2.75, 3.05) is 5.75 Å². The summed E-state index contributed by atoms with van der Waals surface area (Å²) in [4.78, 5) is 0. The third-order valence-electron chi connectivity index (χ3n) is 4.09. The molecule has 0 N–H and O–H groups in total. The second-order valence-electron chi connectivity index (χ2n) is 6.25. The van der Waals surface area contributed by atoms with E-state index in [1.54, 1.807) is 12.1 Å². The summed E-state index contributed by atoms with van der Waals surface area (Å²) < 4.78 is 65.1. The molecule has 0 radical (unpaired) electrons. The monoisotopic (exact) mass is 386 g/mol. The van der Waals surface area contributed by atoms with Gasteiger partial charge in [-0.05, 0) is 61.1 Å². The minimum absolute atomic E-state index is 0.111. The molecule has 0 atom stereocenters. The zero-order valence-electron chi connectivity index (χ0n) is 14.6. The van der Waals surface area contributed by atoms with Gasteiger partial charge in [0.25, 0.3) is 0 Å². The number of aryl methyl sites for hydroxylation is 1. The van der Waals surface area contributed by atoms with Crippen molar-refractivity contribution in [2.45, 2.75) is 39.3 Å². The fourth-order valence-electron chi connectivity index (χ4n) is 2.57. The van der Waals surface area contributed by atoms with Crippen molar-refractivity contribution in [3.63, 3.8) is 0 Å². The molecule has 0 bridgehead atoms. The van der Waals surface area contributed by atoms with Crippen LogP contribution in [-0.2, 0) is 16.5 Å². The Morgan fingerprint density at radius 3 is 2.42 bits per heavy atom. The van der Waals surface area contributed by atoms with Crippen LogP contribution in [0.1, 0.15) is 35.1 Å². The topological polar surface area (TPSA) is 43.4 Å². The molecular weight excluding hydrogens is 365 g/mol. The molecule has 2 aromatic rings. The number of hydrogen-bond donors (Lipinski definition) is 0. The van der Waals surface area contributed by atoms with Gasteiger partial charge in [-0.15, -0.1) is 0 Å². The first-order valence-corrected chi connectivity index (χ1v) is 9.76. The van der Waals surface area contributed by atoms with Gasteiger partial charge < -0.3 is 4.18 Å². The second-order valence-corrected chi connectivity index (χ2v) is 7.94. The fraction of sp³-hybridized carbons (Fsp3) is 0.368. The molecule has 0 saturated heterocycles. The Labute approximate surface area is 151 Å². The van der Waals surface area contributed by atoms with Crippen LogP contribution in [0.2, 0.25) is 0 Å². The number of benzene rings is 2. The first-order valence-electron chi connectivity index (χ1n) is 8.19. The minimum atomic E-state index is -4.37. The predicted octanol–water partition coefficient (Wildman–Crippen LogP) is 4.95. The van der Waals surface area contributed by atoms with Gasteiger partial charge in [0.1, 0.15) is 5.75 Å². The van der Waals surface area contributed by atoms with Crippen LogP contribution in [-0.4, -0.2) is 20.3 Å². The Kier molecular flexibility index (Phi) is 6.34. The Hall–Kier alpha value is -2.02. The van der Waals surface area contributed by atoms with Crippen LogP contribution in [0.3, 0.4) is 0 Å². The third-order valence-corrected chi connectivity index (χ3v) is 5.32. The maximum Gasteiger partial charge on any atom is 0.389 e. The molecular formula is C19H21F3O3S. The molecule has 0 fully saturated rings. The average Bonchev–Trinajstić information content (AvgIpc) is 2.50. The summed E-state index contributed by atoms with van der Waals surface area (Å²) in [6, 6.07) is 12.6. The van der Waals surface area contributed by atoms with Crippen LogP contribution in [0.5, 0.6) is 5.75 Å². The normalized spacial score (nSPS) is 12.2. The van der Waals surface area contributed by atoms with Crippen LogP contribution < -0.4 is 4.18 Å². The van der Waals surface area contributed by atoms with E-state index in [2.05, 4.69) is 0 Å². The van der Waals surface area contributed by atoms with Crippen molar-refractivity contribution >= 4 is 10.1 Å². The number of hydrogen-bond acceptors (Lipinski definition) is 3. The lowest BCUT2D eigenvalue weighted by molar-refractivity contribution is -0.134. The average molecular weight is 386 g/mol. The second kappa shape index (κ2) is 8.12. The maximum atomic E-state index is 12.1. The molecule has 0 unspecified atom stereocenters. The van der Waals surface area contributed by atoms with E-state index in [0.29, 0.717) is 6.42 Å². The van der Waals surface area contributed by atoms with E-state index < -0.39 is 34.9 Å². The van der Waals surface area contributed by atoms with Gasteiger partial charge in [0.05, 0.1) is 5.75 Å². The van der Waals surface area contributed by atoms with Gasteiger partial charge in [0, 0.05) is 6.42 Å². The molecule has 0 amide bonds. The molecule has 7 heteroatoms. The van der Waals surface area contributed by atoms with Crippen LogP contribution in [0.4, 0.5) is 13.2 Å². The first-order chi connectivity index (χ1) is 12.1. The molecule has 0 aromatic heterocycles. The molecule has 2 aromatic carbocycles. The molecule has 0 aliphatic carbocycles. The van der Waals surface area contributed by atoms with Crippen molar-refractivity contribution < 1.29 is 25.8 Å². The van der Waals surface area contributed by atoms with Crippen molar-refractivity contribution in [1.29, 1.82) is 0 Å². The standard InChI is InChI=1S/C19H21F3O3S/c1-14-6-3-8-17(15(14)2)12-16-7-4-9-18(13-16)25-26(23,24)11-5-10-19(20,21)22/h3-4,6-9,13H,5,10-12H2,1-2H3. The van der Waals surface area contributed by atoms with Gasteiger partial charge >= 0.3 is 16.3 Å². The highest BCUT2D eigenvalue weighted by molar-refractivity contribution is 7.87. The Morgan fingerprint density at radius 1 is 1.04 bits per heavy atom. The third kappa shape index (κ3) is 6.37. The smallest absolute Gasteiger partial charge is 0.382 e. The van der Waals surface area contributed by atoms with Crippen LogP contribution in [0, 0.1) is 13.8 Å². The lowest BCUT2D eigenvalue weighted by atomic mass is 9.97. The molecule has 0 heterocycles. The van der Waals surface area contributed by atoms with E-state index in [0.717, 1.165) is 11.1 Å². The van der Waals surface area contributed by atoms with Crippen molar-refractivity contribution in [3.8, 4) is 5.75 Å². The predicted molar refractivity (Wildman–Crippen MR) is 94.9 cm³/mol. The molecule has 0 aliphatic rings. The Balaban J connectivity index is 2.05. The largest absolute Gasteiger partial charge is 0.389 e. The molecule has 2 rings (SSSR count). The van der Waals surface area contributed by atoms with Gasteiger partial charge in [-0.2, -0.15) is 21.6 Å².